The largest absolute Gasteiger partial charge is 0.271 e. The average molecular weight is 252 g/mol. The highest BCUT2D eigenvalue weighted by Gasteiger charge is 2.07. The first-order valence-corrected chi connectivity index (χ1v) is 6.96. The monoisotopic (exact) mass is 252 g/mol. The molecule has 0 radical (unpaired) electrons. The van der Waals surface area contributed by atoms with Crippen molar-refractivity contribution < 1.29 is 4.39 Å². The summed E-state index contributed by atoms with van der Waals surface area (Å²) in [5.41, 5.74) is 3.84. The predicted molar refractivity (Wildman–Crippen MR) is 74.6 cm³/mol. The lowest BCUT2D eigenvalue weighted by Crippen LogP contribution is -2.36. The van der Waals surface area contributed by atoms with Crippen LogP contribution in [0, 0.1) is 5.82 Å². The molecular formula is C15H25FN2. The van der Waals surface area contributed by atoms with E-state index in [1.165, 1.54) is 38.2 Å². The van der Waals surface area contributed by atoms with E-state index in [0.717, 1.165) is 18.4 Å². The Kier molecular flexibility index (Phi) is 7.62. The lowest BCUT2D eigenvalue weighted by molar-refractivity contribution is 0.460. The Morgan fingerprint density at radius 3 is 2.67 bits per heavy atom. The van der Waals surface area contributed by atoms with E-state index in [1.807, 2.05) is 6.07 Å². The summed E-state index contributed by atoms with van der Waals surface area (Å²) in [6, 6.07) is 7.00. The minimum atomic E-state index is -0.175. The Morgan fingerprint density at radius 1 is 1.22 bits per heavy atom. The molecule has 102 valence electrons. The molecule has 0 aliphatic rings. The van der Waals surface area contributed by atoms with Crippen LogP contribution >= 0.6 is 0 Å². The van der Waals surface area contributed by atoms with Gasteiger partial charge in [0.05, 0.1) is 0 Å². The molecule has 0 aliphatic carbocycles. The third-order valence-corrected chi connectivity index (χ3v) is 3.26. The molecule has 0 aliphatic heterocycles. The van der Waals surface area contributed by atoms with Crippen LogP contribution in [0.1, 0.15) is 51.0 Å². The lowest BCUT2D eigenvalue weighted by Gasteiger charge is -2.15. The van der Waals surface area contributed by atoms with Gasteiger partial charge in [-0.05, 0) is 30.5 Å². The van der Waals surface area contributed by atoms with Crippen molar-refractivity contribution in [1.29, 1.82) is 0 Å². The van der Waals surface area contributed by atoms with E-state index >= 15 is 0 Å². The summed E-state index contributed by atoms with van der Waals surface area (Å²) in [6.07, 6.45) is 8.17. The van der Waals surface area contributed by atoms with Gasteiger partial charge in [-0.15, -0.1) is 0 Å². The number of hydrogen-bond acceptors (Lipinski definition) is 2. The van der Waals surface area contributed by atoms with Crippen molar-refractivity contribution >= 4 is 0 Å². The van der Waals surface area contributed by atoms with Crippen LogP contribution in [0.25, 0.3) is 0 Å². The molecule has 1 atom stereocenters. The van der Waals surface area contributed by atoms with Gasteiger partial charge < -0.3 is 0 Å². The van der Waals surface area contributed by atoms with Crippen LogP contribution in [0.2, 0.25) is 0 Å². The highest BCUT2D eigenvalue weighted by Crippen LogP contribution is 2.12. The zero-order valence-corrected chi connectivity index (χ0v) is 11.3. The van der Waals surface area contributed by atoms with Crippen molar-refractivity contribution in [3.63, 3.8) is 0 Å². The van der Waals surface area contributed by atoms with E-state index in [1.54, 1.807) is 12.1 Å². The fraction of sp³-hybridized carbons (Fsp3) is 0.600. The average Bonchev–Trinajstić information content (AvgIpc) is 2.37. The molecular weight excluding hydrogens is 227 g/mol. The van der Waals surface area contributed by atoms with Gasteiger partial charge in [0.25, 0.3) is 0 Å². The summed E-state index contributed by atoms with van der Waals surface area (Å²) in [5, 5.41) is 0. The molecule has 3 N–H and O–H groups in total. The SMILES string of the molecule is CCCCCCCC(Cc1cccc(F)c1)NN. The van der Waals surface area contributed by atoms with Crippen LogP contribution in [-0.2, 0) is 6.42 Å². The van der Waals surface area contributed by atoms with Crippen LogP contribution in [-0.4, -0.2) is 6.04 Å². The predicted octanol–water partition coefficient (Wildman–Crippen LogP) is 3.56. The van der Waals surface area contributed by atoms with Gasteiger partial charge in [-0.25, -0.2) is 4.39 Å². The zero-order valence-electron chi connectivity index (χ0n) is 11.3. The van der Waals surface area contributed by atoms with Crippen molar-refractivity contribution in [3.8, 4) is 0 Å². The van der Waals surface area contributed by atoms with Gasteiger partial charge in [-0.1, -0.05) is 51.2 Å². The standard InChI is InChI=1S/C15H25FN2/c1-2-3-4-5-6-10-15(18-17)12-13-8-7-9-14(16)11-13/h7-9,11,15,18H,2-6,10,12,17H2,1H3. The quantitative estimate of drug-likeness (QED) is 0.400. The second kappa shape index (κ2) is 9.06. The number of rotatable bonds is 9. The number of nitrogens with two attached hydrogens (primary N) is 1. The van der Waals surface area contributed by atoms with Crippen LogP contribution in [0.5, 0.6) is 0 Å². The molecule has 0 saturated heterocycles. The molecule has 1 rings (SSSR count). The third-order valence-electron chi connectivity index (χ3n) is 3.26. The molecule has 3 heteroatoms. The summed E-state index contributed by atoms with van der Waals surface area (Å²) < 4.78 is 13.1. The maximum absolute atomic E-state index is 13.1. The Hall–Kier alpha value is -0.930. The van der Waals surface area contributed by atoms with E-state index < -0.39 is 0 Å². The van der Waals surface area contributed by atoms with Gasteiger partial charge in [0.2, 0.25) is 0 Å². The normalized spacial score (nSPS) is 12.6. The molecule has 1 aromatic carbocycles. The van der Waals surface area contributed by atoms with Gasteiger partial charge in [0, 0.05) is 6.04 Å². The highest BCUT2D eigenvalue weighted by molar-refractivity contribution is 5.17. The van der Waals surface area contributed by atoms with Crippen molar-refractivity contribution in [2.75, 3.05) is 0 Å². The molecule has 0 spiro atoms. The van der Waals surface area contributed by atoms with E-state index in [9.17, 15) is 4.39 Å². The Balaban J connectivity index is 2.28. The molecule has 0 fully saturated rings. The first-order chi connectivity index (χ1) is 8.76. The van der Waals surface area contributed by atoms with E-state index in [2.05, 4.69) is 12.3 Å². The third kappa shape index (κ3) is 6.12. The van der Waals surface area contributed by atoms with E-state index in [0.29, 0.717) is 0 Å². The number of hydrazine groups is 1. The molecule has 1 unspecified atom stereocenters. The van der Waals surface area contributed by atoms with Crippen LogP contribution in [0.3, 0.4) is 0 Å². The second-order valence-electron chi connectivity index (χ2n) is 4.90. The maximum atomic E-state index is 13.1. The Morgan fingerprint density at radius 2 is 2.00 bits per heavy atom. The first-order valence-electron chi connectivity index (χ1n) is 6.96. The van der Waals surface area contributed by atoms with Crippen molar-refractivity contribution in [2.45, 2.75) is 57.9 Å². The molecule has 0 amide bonds. The highest BCUT2D eigenvalue weighted by atomic mass is 19.1. The molecule has 18 heavy (non-hydrogen) atoms. The summed E-state index contributed by atoms with van der Waals surface area (Å²) in [7, 11) is 0. The number of benzene rings is 1. The molecule has 2 nitrogen and oxygen atoms in total. The fourth-order valence-electron chi connectivity index (χ4n) is 2.19. The van der Waals surface area contributed by atoms with Crippen molar-refractivity contribution in [2.24, 2.45) is 5.84 Å². The molecule has 0 bridgehead atoms. The minimum Gasteiger partial charge on any atom is -0.271 e. The molecule has 0 aromatic heterocycles. The van der Waals surface area contributed by atoms with Gasteiger partial charge in [0.1, 0.15) is 5.82 Å². The minimum absolute atomic E-state index is 0.175. The van der Waals surface area contributed by atoms with Gasteiger partial charge >= 0.3 is 0 Å². The Bertz CT molecular complexity index is 328. The van der Waals surface area contributed by atoms with Crippen molar-refractivity contribution in [1.82, 2.24) is 5.43 Å². The fourth-order valence-corrected chi connectivity index (χ4v) is 2.19. The topological polar surface area (TPSA) is 38.0 Å². The van der Waals surface area contributed by atoms with Crippen LogP contribution in [0.4, 0.5) is 4.39 Å². The molecule has 1 aromatic rings. The number of hydrogen-bond donors (Lipinski definition) is 2. The van der Waals surface area contributed by atoms with E-state index in [-0.39, 0.29) is 11.9 Å². The van der Waals surface area contributed by atoms with Gasteiger partial charge in [-0.2, -0.15) is 0 Å². The summed E-state index contributed by atoms with van der Waals surface area (Å²) in [5.74, 6) is 5.38. The zero-order chi connectivity index (χ0) is 13.2. The maximum Gasteiger partial charge on any atom is 0.123 e. The number of nitrogens with one attached hydrogen (secondary N) is 1. The number of halogens is 1. The smallest absolute Gasteiger partial charge is 0.123 e. The summed E-state index contributed by atoms with van der Waals surface area (Å²) >= 11 is 0. The first kappa shape index (κ1) is 15.1. The molecule has 0 heterocycles. The summed E-state index contributed by atoms with van der Waals surface area (Å²) in [6.45, 7) is 2.22. The molecule has 0 saturated carbocycles. The van der Waals surface area contributed by atoms with Gasteiger partial charge in [-0.3, -0.25) is 11.3 Å². The second-order valence-corrected chi connectivity index (χ2v) is 4.90. The lowest BCUT2D eigenvalue weighted by atomic mass is 10.0. The van der Waals surface area contributed by atoms with Crippen molar-refractivity contribution in [3.05, 3.63) is 35.6 Å². The van der Waals surface area contributed by atoms with Crippen LogP contribution < -0.4 is 11.3 Å². The number of unbranched alkanes of at least 4 members (excludes halogenated alkanes) is 4. The summed E-state index contributed by atoms with van der Waals surface area (Å²) in [4.78, 5) is 0. The van der Waals surface area contributed by atoms with Crippen LogP contribution in [0.15, 0.2) is 24.3 Å². The van der Waals surface area contributed by atoms with Gasteiger partial charge in [0.15, 0.2) is 0 Å². The Labute approximate surface area is 110 Å². The van der Waals surface area contributed by atoms with E-state index in [4.69, 9.17) is 5.84 Å².